The summed E-state index contributed by atoms with van der Waals surface area (Å²) in [6.45, 7) is 5.95. The zero-order valence-electron chi connectivity index (χ0n) is 32.7. The van der Waals surface area contributed by atoms with Crippen LogP contribution < -0.4 is 0 Å². The third kappa shape index (κ3) is 11.7. The molecule has 6 rings (SSSR count). The molecule has 2 aliphatic heterocycles. The molecule has 2 unspecified atom stereocenters. The van der Waals surface area contributed by atoms with E-state index in [1.165, 1.54) is 47.3 Å². The molecule has 4 aromatic rings. The summed E-state index contributed by atoms with van der Waals surface area (Å²) in [4.78, 5) is 35.6. The monoisotopic (exact) mass is 830 g/mol. The van der Waals surface area contributed by atoms with Crippen molar-refractivity contribution >= 4 is 29.8 Å². The molecule has 2 atom stereocenters. The molecule has 3 aromatic carbocycles. The van der Waals surface area contributed by atoms with Gasteiger partial charge in [0.05, 0.1) is 48.6 Å². The van der Waals surface area contributed by atoms with Crippen molar-refractivity contribution < 1.29 is 41.7 Å². The van der Waals surface area contributed by atoms with Gasteiger partial charge in [-0.25, -0.2) is 27.6 Å². The Balaban J connectivity index is 1.17. The second-order valence-corrected chi connectivity index (χ2v) is 15.9. The number of nitriles is 1. The lowest BCUT2D eigenvalue weighted by molar-refractivity contribution is -0.146. The first kappa shape index (κ1) is 43.3. The number of ether oxygens (including phenoxy) is 4. The topological polar surface area (TPSA) is 132 Å². The van der Waals surface area contributed by atoms with Crippen LogP contribution in [-0.2, 0) is 42.5 Å². The first-order valence-corrected chi connectivity index (χ1v) is 20.1. The van der Waals surface area contributed by atoms with Gasteiger partial charge >= 0.3 is 11.9 Å². The van der Waals surface area contributed by atoms with Crippen LogP contribution in [-0.4, -0.2) is 106 Å². The number of allylic oxidation sites excluding steroid dienone is 2. The van der Waals surface area contributed by atoms with Crippen LogP contribution in [0, 0.1) is 28.8 Å². The molecule has 0 bridgehead atoms. The van der Waals surface area contributed by atoms with E-state index < -0.39 is 46.5 Å². The second-order valence-electron chi connectivity index (χ2n) is 14.2. The number of rotatable bonds is 16. The van der Waals surface area contributed by atoms with E-state index in [4.69, 9.17) is 24.2 Å². The van der Waals surface area contributed by atoms with Crippen LogP contribution in [0.5, 0.6) is 0 Å². The molecule has 59 heavy (non-hydrogen) atoms. The van der Waals surface area contributed by atoms with Gasteiger partial charge in [-0.3, -0.25) is 4.79 Å². The Morgan fingerprint density at radius 3 is 2.53 bits per heavy atom. The molecule has 1 aromatic heterocycles. The summed E-state index contributed by atoms with van der Waals surface area (Å²) >= 11 is 1.33. The number of esters is 2. The van der Waals surface area contributed by atoms with Crippen molar-refractivity contribution in [3.8, 4) is 6.07 Å². The Hall–Kier alpha value is -5.31. The number of aromatic nitrogens is 3. The summed E-state index contributed by atoms with van der Waals surface area (Å²) in [5.41, 5.74) is -0.829. The SMILES string of the molecule is CC(SC1COC(C=CC=Cc2ccc(C#N)cc2F)OC1)C(Cn1cncn1)(OC(=O)c1ccccc1COC(=O)CCN1CCN(C)CC1)c1ccc(F)cc1F. The van der Waals surface area contributed by atoms with Crippen LogP contribution in [0.4, 0.5) is 13.2 Å². The molecule has 2 saturated heterocycles. The first-order chi connectivity index (χ1) is 28.5. The van der Waals surface area contributed by atoms with Gasteiger partial charge in [-0.15, -0.1) is 11.8 Å². The van der Waals surface area contributed by atoms with Crippen molar-refractivity contribution in [2.24, 2.45) is 0 Å². The molecular formula is C43H45F3N6O6S. The van der Waals surface area contributed by atoms with Gasteiger partial charge in [-0.2, -0.15) is 10.4 Å². The smallest absolute Gasteiger partial charge is 0.339 e. The standard InChI is InChI=1S/C43H45F3N6O6S/c1-30(59-35-25-56-41(57-26-35)10-6-4-7-32-12-11-31(23-47)21-38(32)45)43(27-52-29-48-28-49-52,37-14-13-34(44)22-39(37)46)58-42(54)36-9-5-3-8-33(36)24-55-40(53)15-16-51-19-17-50(2)18-20-51/h3-14,21-22,28-30,35,41H,15-20,24-27H2,1-2H3. The van der Waals surface area contributed by atoms with Gasteiger partial charge in [0.15, 0.2) is 11.9 Å². The Bertz CT molecular complexity index is 2150. The minimum atomic E-state index is -1.79. The summed E-state index contributed by atoms with van der Waals surface area (Å²) in [7, 11) is 2.06. The Labute approximate surface area is 345 Å². The number of hydrogen-bond donors (Lipinski definition) is 0. The maximum atomic E-state index is 16.0. The van der Waals surface area contributed by atoms with Crippen molar-refractivity contribution in [3.63, 3.8) is 0 Å². The fourth-order valence-electron chi connectivity index (χ4n) is 6.74. The summed E-state index contributed by atoms with van der Waals surface area (Å²) in [5, 5.41) is 12.2. The lowest BCUT2D eigenvalue weighted by atomic mass is 9.89. The van der Waals surface area contributed by atoms with E-state index in [1.54, 1.807) is 55.5 Å². The second kappa shape index (κ2) is 20.6. The highest BCUT2D eigenvalue weighted by atomic mass is 32.2. The first-order valence-electron chi connectivity index (χ1n) is 19.1. The molecule has 12 nitrogen and oxygen atoms in total. The third-order valence-electron chi connectivity index (χ3n) is 10.1. The van der Waals surface area contributed by atoms with Gasteiger partial charge in [-0.05, 0) is 50.4 Å². The van der Waals surface area contributed by atoms with Crippen molar-refractivity contribution in [1.82, 2.24) is 24.6 Å². The molecule has 0 radical (unpaired) electrons. The normalized spacial score (nSPS) is 19.3. The molecule has 0 saturated carbocycles. The predicted molar refractivity (Wildman–Crippen MR) is 214 cm³/mol. The summed E-state index contributed by atoms with van der Waals surface area (Å²) in [6.07, 6.45) is 8.70. The molecule has 2 fully saturated rings. The van der Waals surface area contributed by atoms with E-state index in [0.29, 0.717) is 17.7 Å². The van der Waals surface area contributed by atoms with Gasteiger partial charge in [0.1, 0.15) is 36.7 Å². The Morgan fingerprint density at radius 1 is 1.03 bits per heavy atom. The maximum absolute atomic E-state index is 16.0. The van der Waals surface area contributed by atoms with Crippen molar-refractivity contribution in [2.45, 2.75) is 48.9 Å². The third-order valence-corrected chi connectivity index (χ3v) is 11.6. The number of thioether (sulfide) groups is 1. The van der Waals surface area contributed by atoms with Gasteiger partial charge in [-0.1, -0.05) is 42.5 Å². The van der Waals surface area contributed by atoms with Crippen LogP contribution >= 0.6 is 11.8 Å². The van der Waals surface area contributed by atoms with Crippen molar-refractivity contribution in [3.05, 3.63) is 137 Å². The van der Waals surface area contributed by atoms with Gasteiger partial charge in [0, 0.05) is 60.7 Å². The van der Waals surface area contributed by atoms with Crippen LogP contribution in [0.2, 0.25) is 0 Å². The van der Waals surface area contributed by atoms with Crippen LogP contribution in [0.15, 0.2) is 91.5 Å². The molecule has 0 N–H and O–H groups in total. The lowest BCUT2D eigenvalue weighted by Gasteiger charge is -2.40. The van der Waals surface area contributed by atoms with Crippen LogP contribution in [0.1, 0.15) is 46.0 Å². The number of piperazine rings is 1. The molecule has 310 valence electrons. The summed E-state index contributed by atoms with van der Waals surface area (Å²) in [6, 6.07) is 15.8. The Morgan fingerprint density at radius 2 is 1.81 bits per heavy atom. The highest BCUT2D eigenvalue weighted by molar-refractivity contribution is 8.00. The largest absolute Gasteiger partial charge is 0.461 e. The van der Waals surface area contributed by atoms with E-state index >= 15 is 4.39 Å². The highest BCUT2D eigenvalue weighted by Crippen LogP contribution is 2.42. The zero-order valence-corrected chi connectivity index (χ0v) is 33.5. The molecule has 3 heterocycles. The Kier molecular flexibility index (Phi) is 15.1. The number of benzene rings is 3. The number of carbonyl (C=O) groups is 2. The van der Waals surface area contributed by atoms with Gasteiger partial charge in [0.2, 0.25) is 0 Å². The van der Waals surface area contributed by atoms with Gasteiger partial charge < -0.3 is 28.7 Å². The zero-order chi connectivity index (χ0) is 41.8. The highest BCUT2D eigenvalue weighted by Gasteiger charge is 2.47. The predicted octanol–water partition coefficient (Wildman–Crippen LogP) is 6.13. The molecule has 2 aliphatic rings. The van der Waals surface area contributed by atoms with Crippen molar-refractivity contribution in [2.75, 3.05) is 53.0 Å². The van der Waals surface area contributed by atoms with E-state index in [-0.39, 0.29) is 54.7 Å². The number of likely N-dealkylation sites (N-methyl/N-ethyl adjacent to an activating group) is 1. The average molecular weight is 831 g/mol. The van der Waals surface area contributed by atoms with E-state index in [0.717, 1.165) is 44.4 Å². The van der Waals surface area contributed by atoms with E-state index in [9.17, 15) is 18.4 Å². The minimum Gasteiger partial charge on any atom is -0.461 e. The summed E-state index contributed by atoms with van der Waals surface area (Å²) in [5.74, 6) is -3.48. The van der Waals surface area contributed by atoms with Gasteiger partial charge in [0.25, 0.3) is 0 Å². The number of hydrogen-bond acceptors (Lipinski definition) is 12. The maximum Gasteiger partial charge on any atom is 0.339 e. The average Bonchev–Trinajstić information content (AvgIpc) is 3.75. The van der Waals surface area contributed by atoms with Crippen molar-refractivity contribution in [1.29, 1.82) is 5.26 Å². The molecule has 0 aliphatic carbocycles. The molecule has 0 spiro atoms. The minimum absolute atomic E-state index is 0.0838. The fraction of sp³-hybridized carbons (Fsp3) is 0.372. The van der Waals surface area contributed by atoms with E-state index in [2.05, 4.69) is 26.9 Å². The lowest BCUT2D eigenvalue weighted by Crippen LogP contribution is -2.47. The number of nitrogens with zero attached hydrogens (tertiary/aromatic N) is 6. The summed E-state index contributed by atoms with van der Waals surface area (Å²) < 4.78 is 70.0. The van der Waals surface area contributed by atoms with Crippen LogP contribution in [0.25, 0.3) is 6.08 Å². The molecular weight excluding hydrogens is 786 g/mol. The quantitative estimate of drug-likeness (QED) is 0.0951. The molecule has 0 amide bonds. The molecule has 16 heteroatoms. The van der Waals surface area contributed by atoms with Crippen LogP contribution in [0.3, 0.4) is 0 Å². The number of halogens is 3. The number of carbonyl (C=O) groups excluding carboxylic acids is 2. The fourth-order valence-corrected chi connectivity index (χ4v) is 8.10. The van der Waals surface area contributed by atoms with E-state index in [1.807, 2.05) is 6.07 Å².